The number of aryl methyl sites for hydroxylation is 1. The average Bonchev–Trinajstić information content (AvgIpc) is 2.48. The van der Waals surface area contributed by atoms with E-state index in [9.17, 15) is 4.79 Å². The van der Waals surface area contributed by atoms with Crippen LogP contribution < -0.4 is 10.6 Å². The van der Waals surface area contributed by atoms with Crippen LogP contribution in [-0.4, -0.2) is 13.0 Å². The molecule has 104 valence electrons. The summed E-state index contributed by atoms with van der Waals surface area (Å²) in [7, 11) is 1.63. The molecule has 2 aromatic carbocycles. The molecular weight excluding hydrogens is 316 g/mol. The zero-order valence-electron chi connectivity index (χ0n) is 11.5. The first kappa shape index (κ1) is 14.6. The molecule has 0 bridgehead atoms. The summed E-state index contributed by atoms with van der Waals surface area (Å²) < 4.78 is 1.05. The molecule has 0 radical (unpaired) electrons. The van der Waals surface area contributed by atoms with E-state index in [4.69, 9.17) is 0 Å². The van der Waals surface area contributed by atoms with Crippen LogP contribution in [0.3, 0.4) is 0 Å². The normalized spacial score (nSPS) is 10.2. The highest BCUT2D eigenvalue weighted by Crippen LogP contribution is 2.23. The first-order chi connectivity index (χ1) is 9.60. The van der Waals surface area contributed by atoms with Crippen molar-refractivity contribution in [1.82, 2.24) is 5.32 Å². The van der Waals surface area contributed by atoms with Gasteiger partial charge in [0, 0.05) is 29.3 Å². The number of anilines is 1. The predicted octanol–water partition coefficient (Wildman–Crippen LogP) is 3.73. The third-order valence-corrected chi connectivity index (χ3v) is 3.74. The summed E-state index contributed by atoms with van der Waals surface area (Å²) in [5.41, 5.74) is 4.09. The minimum absolute atomic E-state index is 0.0639. The molecule has 0 aromatic heterocycles. The topological polar surface area (TPSA) is 41.1 Å². The Morgan fingerprint density at radius 2 is 1.85 bits per heavy atom. The van der Waals surface area contributed by atoms with Crippen LogP contribution in [-0.2, 0) is 6.54 Å². The number of amides is 1. The standard InChI is InChI=1S/C16H17BrN2O/c1-11-3-8-14(17)15(9-11)19-10-12-4-6-13(7-5-12)16(20)18-2/h3-9,19H,10H2,1-2H3,(H,18,20). The summed E-state index contributed by atoms with van der Waals surface area (Å²) in [6.45, 7) is 2.78. The van der Waals surface area contributed by atoms with Gasteiger partial charge in [0.2, 0.25) is 0 Å². The fraction of sp³-hybridized carbons (Fsp3) is 0.188. The number of halogens is 1. The van der Waals surface area contributed by atoms with Crippen LogP contribution in [0, 0.1) is 6.92 Å². The summed E-state index contributed by atoms with van der Waals surface area (Å²) in [5, 5.41) is 6.00. The molecule has 4 heteroatoms. The molecule has 2 N–H and O–H groups in total. The van der Waals surface area contributed by atoms with Crippen molar-refractivity contribution in [3.05, 3.63) is 63.6 Å². The van der Waals surface area contributed by atoms with Crippen LogP contribution in [0.1, 0.15) is 21.5 Å². The van der Waals surface area contributed by atoms with E-state index in [0.29, 0.717) is 5.56 Å². The second-order valence-electron chi connectivity index (χ2n) is 4.61. The molecular formula is C16H17BrN2O. The Bertz CT molecular complexity index is 608. The van der Waals surface area contributed by atoms with Crippen molar-refractivity contribution >= 4 is 27.5 Å². The maximum absolute atomic E-state index is 11.5. The van der Waals surface area contributed by atoms with Crippen LogP contribution in [0.2, 0.25) is 0 Å². The molecule has 2 rings (SSSR count). The third kappa shape index (κ3) is 3.61. The van der Waals surface area contributed by atoms with Crippen LogP contribution in [0.5, 0.6) is 0 Å². The minimum atomic E-state index is -0.0639. The lowest BCUT2D eigenvalue weighted by molar-refractivity contribution is 0.0963. The number of hydrogen-bond donors (Lipinski definition) is 2. The molecule has 0 saturated carbocycles. The first-order valence-electron chi connectivity index (χ1n) is 6.41. The molecule has 20 heavy (non-hydrogen) atoms. The lowest BCUT2D eigenvalue weighted by atomic mass is 10.1. The Morgan fingerprint density at radius 3 is 2.50 bits per heavy atom. The van der Waals surface area contributed by atoms with Gasteiger partial charge in [0.15, 0.2) is 0 Å². The lowest BCUT2D eigenvalue weighted by Crippen LogP contribution is -2.17. The minimum Gasteiger partial charge on any atom is -0.380 e. The van der Waals surface area contributed by atoms with Gasteiger partial charge in [0.05, 0.1) is 0 Å². The van der Waals surface area contributed by atoms with Crippen molar-refractivity contribution in [2.45, 2.75) is 13.5 Å². The summed E-state index contributed by atoms with van der Waals surface area (Å²) in [5.74, 6) is -0.0639. The average molecular weight is 333 g/mol. The number of nitrogens with one attached hydrogen (secondary N) is 2. The van der Waals surface area contributed by atoms with Crippen LogP contribution >= 0.6 is 15.9 Å². The maximum atomic E-state index is 11.5. The van der Waals surface area contributed by atoms with Crippen molar-refractivity contribution in [3.63, 3.8) is 0 Å². The SMILES string of the molecule is CNC(=O)c1ccc(CNc2cc(C)ccc2Br)cc1. The van der Waals surface area contributed by atoms with Crippen LogP contribution in [0.4, 0.5) is 5.69 Å². The van der Waals surface area contributed by atoms with Gasteiger partial charge in [0.25, 0.3) is 5.91 Å². The largest absolute Gasteiger partial charge is 0.380 e. The van der Waals surface area contributed by atoms with Gasteiger partial charge in [-0.3, -0.25) is 4.79 Å². The molecule has 0 fully saturated rings. The summed E-state index contributed by atoms with van der Waals surface area (Å²) in [4.78, 5) is 11.5. The number of hydrogen-bond acceptors (Lipinski definition) is 2. The van der Waals surface area contributed by atoms with Crippen molar-refractivity contribution in [1.29, 1.82) is 0 Å². The highest BCUT2D eigenvalue weighted by molar-refractivity contribution is 9.10. The van der Waals surface area contributed by atoms with Crippen molar-refractivity contribution in [2.75, 3.05) is 12.4 Å². The number of carbonyl (C=O) groups excluding carboxylic acids is 1. The number of benzene rings is 2. The molecule has 0 atom stereocenters. The number of carbonyl (C=O) groups is 1. The van der Waals surface area contributed by atoms with E-state index >= 15 is 0 Å². The Morgan fingerprint density at radius 1 is 1.15 bits per heavy atom. The zero-order valence-corrected chi connectivity index (χ0v) is 13.1. The Labute approximate surface area is 127 Å². The fourth-order valence-electron chi connectivity index (χ4n) is 1.89. The number of rotatable bonds is 4. The van der Waals surface area contributed by atoms with E-state index in [0.717, 1.165) is 22.3 Å². The molecule has 2 aromatic rings. The van der Waals surface area contributed by atoms with Crippen molar-refractivity contribution in [2.24, 2.45) is 0 Å². The molecule has 0 heterocycles. The molecule has 0 aliphatic heterocycles. The van der Waals surface area contributed by atoms with Gasteiger partial charge in [-0.25, -0.2) is 0 Å². The van der Waals surface area contributed by atoms with Gasteiger partial charge >= 0.3 is 0 Å². The highest BCUT2D eigenvalue weighted by atomic mass is 79.9. The van der Waals surface area contributed by atoms with E-state index in [-0.39, 0.29) is 5.91 Å². The predicted molar refractivity (Wildman–Crippen MR) is 86.0 cm³/mol. The quantitative estimate of drug-likeness (QED) is 0.895. The van der Waals surface area contributed by atoms with Gasteiger partial charge in [0.1, 0.15) is 0 Å². The molecule has 0 aliphatic carbocycles. The van der Waals surface area contributed by atoms with E-state index in [1.807, 2.05) is 30.3 Å². The van der Waals surface area contributed by atoms with E-state index in [2.05, 4.69) is 45.6 Å². The lowest BCUT2D eigenvalue weighted by Gasteiger charge is -2.10. The van der Waals surface area contributed by atoms with E-state index in [1.165, 1.54) is 5.56 Å². The second kappa shape index (κ2) is 6.57. The highest BCUT2D eigenvalue weighted by Gasteiger charge is 2.03. The van der Waals surface area contributed by atoms with Gasteiger partial charge in [-0.2, -0.15) is 0 Å². The second-order valence-corrected chi connectivity index (χ2v) is 5.47. The first-order valence-corrected chi connectivity index (χ1v) is 7.20. The van der Waals surface area contributed by atoms with Gasteiger partial charge < -0.3 is 10.6 Å². The van der Waals surface area contributed by atoms with Crippen LogP contribution in [0.15, 0.2) is 46.9 Å². The van der Waals surface area contributed by atoms with E-state index in [1.54, 1.807) is 7.05 Å². The molecule has 0 aliphatic rings. The molecule has 3 nitrogen and oxygen atoms in total. The monoisotopic (exact) mass is 332 g/mol. The Balaban J connectivity index is 2.04. The smallest absolute Gasteiger partial charge is 0.251 e. The summed E-state index contributed by atoms with van der Waals surface area (Å²) in [6.07, 6.45) is 0. The molecule has 0 saturated heterocycles. The summed E-state index contributed by atoms with van der Waals surface area (Å²) in [6, 6.07) is 13.8. The zero-order chi connectivity index (χ0) is 14.5. The maximum Gasteiger partial charge on any atom is 0.251 e. The van der Waals surface area contributed by atoms with Crippen molar-refractivity contribution < 1.29 is 4.79 Å². The summed E-state index contributed by atoms with van der Waals surface area (Å²) >= 11 is 3.53. The molecule has 0 spiro atoms. The molecule has 0 unspecified atom stereocenters. The van der Waals surface area contributed by atoms with Gasteiger partial charge in [-0.1, -0.05) is 18.2 Å². The van der Waals surface area contributed by atoms with Crippen LogP contribution in [0.25, 0.3) is 0 Å². The van der Waals surface area contributed by atoms with Gasteiger partial charge in [-0.15, -0.1) is 0 Å². The fourth-order valence-corrected chi connectivity index (χ4v) is 2.28. The Hall–Kier alpha value is -1.81. The van der Waals surface area contributed by atoms with Gasteiger partial charge in [-0.05, 0) is 58.2 Å². The van der Waals surface area contributed by atoms with Crippen molar-refractivity contribution in [3.8, 4) is 0 Å². The molecule has 1 amide bonds. The third-order valence-electron chi connectivity index (χ3n) is 3.05. The Kier molecular flexibility index (Phi) is 4.79. The van der Waals surface area contributed by atoms with E-state index < -0.39 is 0 Å².